The number of ketones is 1. The fourth-order valence-electron chi connectivity index (χ4n) is 2.43. The molecule has 0 aliphatic heterocycles. The lowest BCUT2D eigenvalue weighted by Crippen LogP contribution is -2.04. The molecule has 0 atom stereocenters. The lowest BCUT2D eigenvalue weighted by Gasteiger charge is -2.06. The molecule has 98 valence electrons. The van der Waals surface area contributed by atoms with Gasteiger partial charge in [0.05, 0.1) is 12.1 Å². The van der Waals surface area contributed by atoms with Gasteiger partial charge >= 0.3 is 0 Å². The Bertz CT molecular complexity index is 595. The van der Waals surface area contributed by atoms with Gasteiger partial charge in [0.15, 0.2) is 5.78 Å². The third kappa shape index (κ3) is 2.68. The number of nitrogen functional groups attached to an aromatic ring is 1. The number of carbonyl (C=O) groups is 1. The number of benzene rings is 1. The highest BCUT2D eigenvalue weighted by atomic mass is 32.1. The Kier molecular flexibility index (Phi) is 3.34. The Morgan fingerprint density at radius 1 is 1.32 bits per heavy atom. The Morgan fingerprint density at radius 3 is 2.95 bits per heavy atom. The van der Waals surface area contributed by atoms with E-state index in [0.717, 1.165) is 17.8 Å². The SMILES string of the molecule is Nc1cccc(C(=O)Cc2nc3c(s2)CCCC3)c1. The molecule has 1 aliphatic carbocycles. The second-order valence-corrected chi connectivity index (χ2v) is 6.08. The van der Waals surface area contributed by atoms with Gasteiger partial charge < -0.3 is 5.73 Å². The van der Waals surface area contributed by atoms with Crippen LogP contribution in [0.3, 0.4) is 0 Å². The highest BCUT2D eigenvalue weighted by molar-refractivity contribution is 7.11. The average Bonchev–Trinajstić information content (AvgIpc) is 2.80. The van der Waals surface area contributed by atoms with E-state index in [1.807, 2.05) is 12.1 Å². The fourth-order valence-corrected chi connectivity index (χ4v) is 3.59. The summed E-state index contributed by atoms with van der Waals surface area (Å²) in [6, 6.07) is 7.15. The van der Waals surface area contributed by atoms with E-state index < -0.39 is 0 Å². The first-order chi connectivity index (χ1) is 9.22. The van der Waals surface area contributed by atoms with Crippen molar-refractivity contribution in [2.75, 3.05) is 5.73 Å². The molecule has 3 rings (SSSR count). The van der Waals surface area contributed by atoms with Crippen molar-refractivity contribution in [3.63, 3.8) is 0 Å². The summed E-state index contributed by atoms with van der Waals surface area (Å²) < 4.78 is 0. The number of aromatic nitrogens is 1. The lowest BCUT2D eigenvalue weighted by atomic mass is 10.0. The first kappa shape index (κ1) is 12.4. The van der Waals surface area contributed by atoms with Crippen molar-refractivity contribution in [1.29, 1.82) is 0 Å². The van der Waals surface area contributed by atoms with E-state index in [0.29, 0.717) is 17.7 Å². The zero-order chi connectivity index (χ0) is 13.2. The van der Waals surface area contributed by atoms with Gasteiger partial charge in [-0.25, -0.2) is 4.98 Å². The quantitative estimate of drug-likeness (QED) is 0.690. The zero-order valence-electron chi connectivity index (χ0n) is 10.7. The minimum atomic E-state index is 0.0957. The maximum Gasteiger partial charge on any atom is 0.169 e. The molecule has 1 aliphatic rings. The molecule has 4 heteroatoms. The average molecular weight is 272 g/mol. The van der Waals surface area contributed by atoms with E-state index in [2.05, 4.69) is 4.98 Å². The molecule has 1 aromatic heterocycles. The number of rotatable bonds is 3. The van der Waals surface area contributed by atoms with Gasteiger partial charge in [0.1, 0.15) is 5.01 Å². The minimum absolute atomic E-state index is 0.0957. The second kappa shape index (κ2) is 5.13. The molecule has 0 unspecified atom stereocenters. The summed E-state index contributed by atoms with van der Waals surface area (Å²) in [5.74, 6) is 0.0957. The molecule has 0 saturated heterocycles. The Morgan fingerprint density at radius 2 is 2.16 bits per heavy atom. The Hall–Kier alpha value is -1.68. The first-order valence-corrected chi connectivity index (χ1v) is 7.40. The molecule has 0 saturated carbocycles. The number of carbonyl (C=O) groups excluding carboxylic acids is 1. The lowest BCUT2D eigenvalue weighted by molar-refractivity contribution is 0.0993. The molecule has 3 nitrogen and oxygen atoms in total. The normalized spacial score (nSPS) is 14.1. The molecule has 0 fully saturated rings. The number of hydrogen-bond acceptors (Lipinski definition) is 4. The highest BCUT2D eigenvalue weighted by Crippen LogP contribution is 2.27. The molecule has 2 aromatic rings. The summed E-state index contributed by atoms with van der Waals surface area (Å²) in [5, 5.41) is 0.944. The molecule has 0 amide bonds. The van der Waals surface area contributed by atoms with Gasteiger partial charge in [0, 0.05) is 16.1 Å². The summed E-state index contributed by atoms with van der Waals surface area (Å²) in [6.07, 6.45) is 5.05. The van der Waals surface area contributed by atoms with E-state index >= 15 is 0 Å². The van der Waals surface area contributed by atoms with Crippen LogP contribution in [-0.2, 0) is 19.3 Å². The van der Waals surface area contributed by atoms with Gasteiger partial charge in [-0.15, -0.1) is 11.3 Å². The van der Waals surface area contributed by atoms with Crippen LogP contribution >= 0.6 is 11.3 Å². The van der Waals surface area contributed by atoms with Gasteiger partial charge in [0.25, 0.3) is 0 Å². The van der Waals surface area contributed by atoms with Crippen LogP contribution in [0.4, 0.5) is 5.69 Å². The zero-order valence-corrected chi connectivity index (χ0v) is 11.5. The van der Waals surface area contributed by atoms with E-state index in [1.54, 1.807) is 23.5 Å². The summed E-state index contributed by atoms with van der Waals surface area (Å²) in [7, 11) is 0. The first-order valence-electron chi connectivity index (χ1n) is 6.58. The van der Waals surface area contributed by atoms with Crippen LogP contribution in [0.1, 0.15) is 38.8 Å². The molecule has 1 heterocycles. The standard InChI is InChI=1S/C15H16N2OS/c16-11-5-3-4-10(8-11)13(18)9-15-17-12-6-1-2-7-14(12)19-15/h3-5,8H,1-2,6-7,9,16H2. The molecular weight excluding hydrogens is 256 g/mol. The number of fused-ring (bicyclic) bond motifs is 1. The molecule has 19 heavy (non-hydrogen) atoms. The number of nitrogens with zero attached hydrogens (tertiary/aromatic N) is 1. The number of hydrogen-bond donors (Lipinski definition) is 1. The molecule has 0 spiro atoms. The van der Waals surface area contributed by atoms with Gasteiger partial charge in [-0.05, 0) is 37.8 Å². The van der Waals surface area contributed by atoms with Crippen molar-refractivity contribution >= 4 is 22.8 Å². The van der Waals surface area contributed by atoms with E-state index in [1.165, 1.54) is 23.4 Å². The van der Waals surface area contributed by atoms with E-state index in [-0.39, 0.29) is 5.78 Å². The van der Waals surface area contributed by atoms with Gasteiger partial charge in [0.2, 0.25) is 0 Å². The Balaban J connectivity index is 1.77. The molecule has 1 aromatic carbocycles. The van der Waals surface area contributed by atoms with Crippen LogP contribution in [0.5, 0.6) is 0 Å². The molecule has 0 bridgehead atoms. The third-order valence-electron chi connectivity index (χ3n) is 3.41. The largest absolute Gasteiger partial charge is 0.399 e. The van der Waals surface area contributed by atoms with Gasteiger partial charge in [-0.1, -0.05) is 12.1 Å². The summed E-state index contributed by atoms with van der Waals surface area (Å²) in [5.41, 5.74) is 8.22. The van der Waals surface area contributed by atoms with Gasteiger partial charge in [-0.2, -0.15) is 0 Å². The topological polar surface area (TPSA) is 56.0 Å². The van der Waals surface area contributed by atoms with Crippen molar-refractivity contribution in [3.05, 3.63) is 45.4 Å². The number of thiazole rings is 1. The smallest absolute Gasteiger partial charge is 0.169 e. The van der Waals surface area contributed by atoms with Crippen LogP contribution in [0.2, 0.25) is 0 Å². The van der Waals surface area contributed by atoms with E-state index in [9.17, 15) is 4.79 Å². The summed E-state index contributed by atoms with van der Waals surface area (Å²) in [4.78, 5) is 18.2. The number of nitrogens with two attached hydrogens (primary N) is 1. The minimum Gasteiger partial charge on any atom is -0.399 e. The van der Waals surface area contributed by atoms with Crippen molar-refractivity contribution in [3.8, 4) is 0 Å². The van der Waals surface area contributed by atoms with Crippen LogP contribution in [0.15, 0.2) is 24.3 Å². The van der Waals surface area contributed by atoms with Crippen molar-refractivity contribution < 1.29 is 4.79 Å². The summed E-state index contributed by atoms with van der Waals surface area (Å²) >= 11 is 1.70. The maximum atomic E-state index is 12.2. The van der Waals surface area contributed by atoms with Crippen LogP contribution in [0, 0.1) is 0 Å². The van der Waals surface area contributed by atoms with Gasteiger partial charge in [-0.3, -0.25) is 4.79 Å². The molecule has 0 radical (unpaired) electrons. The second-order valence-electron chi connectivity index (χ2n) is 4.91. The summed E-state index contributed by atoms with van der Waals surface area (Å²) in [6.45, 7) is 0. The van der Waals surface area contributed by atoms with E-state index in [4.69, 9.17) is 5.73 Å². The maximum absolute atomic E-state index is 12.2. The van der Waals surface area contributed by atoms with Crippen molar-refractivity contribution in [1.82, 2.24) is 4.98 Å². The van der Waals surface area contributed by atoms with Crippen molar-refractivity contribution in [2.45, 2.75) is 32.1 Å². The van der Waals surface area contributed by atoms with Crippen LogP contribution in [0.25, 0.3) is 0 Å². The monoisotopic (exact) mass is 272 g/mol. The van der Waals surface area contributed by atoms with Crippen molar-refractivity contribution in [2.24, 2.45) is 0 Å². The molecule has 2 N–H and O–H groups in total. The Labute approximate surface area is 116 Å². The predicted octanol–water partition coefficient (Wildman–Crippen LogP) is 3.03. The number of Topliss-reactive ketones (excluding diaryl/α,β-unsaturated/α-hetero) is 1. The van der Waals surface area contributed by atoms with Crippen LogP contribution in [-0.4, -0.2) is 10.8 Å². The van der Waals surface area contributed by atoms with Crippen LogP contribution < -0.4 is 5.73 Å². The number of aryl methyl sites for hydroxylation is 2. The predicted molar refractivity (Wildman–Crippen MR) is 77.6 cm³/mol. The highest BCUT2D eigenvalue weighted by Gasteiger charge is 2.17. The fraction of sp³-hybridized carbons (Fsp3) is 0.333. The number of anilines is 1. The molecular formula is C15H16N2OS. The third-order valence-corrected chi connectivity index (χ3v) is 4.57.